The van der Waals surface area contributed by atoms with Crippen LogP contribution in [0.2, 0.25) is 0 Å². The van der Waals surface area contributed by atoms with E-state index in [4.69, 9.17) is 35.4 Å². The Kier molecular flexibility index (Phi) is 21.6. The largest absolute Gasteiger partial charge is 0.494 e. The monoisotopic (exact) mass is 1690 g/mol. The molecule has 2 aromatic carbocycles. The molecule has 4 amide bonds. The maximum atomic E-state index is 15.1. The second-order valence-corrected chi connectivity index (χ2v) is 36.1. The van der Waals surface area contributed by atoms with Gasteiger partial charge in [-0.15, -0.1) is 0 Å². The first kappa shape index (κ1) is 72.7. The minimum Gasteiger partial charge on any atom is -0.494 e. The predicted molar refractivity (Wildman–Crippen MR) is 407 cm³/mol. The van der Waals surface area contributed by atoms with Crippen LogP contribution in [-0.4, -0.2) is 169 Å². The zero-order valence-electron chi connectivity index (χ0n) is 76.5. The molecule has 0 spiro atoms. The summed E-state index contributed by atoms with van der Waals surface area (Å²) in [7, 11) is -5.35. The summed E-state index contributed by atoms with van der Waals surface area (Å²) in [6, 6.07) is 4.63. The van der Waals surface area contributed by atoms with E-state index in [0.717, 1.165) is 21.9 Å². The van der Waals surface area contributed by atoms with Crippen molar-refractivity contribution in [3.63, 3.8) is 0 Å². The van der Waals surface area contributed by atoms with E-state index in [9.17, 15) is 80.7 Å². The van der Waals surface area contributed by atoms with Crippen molar-refractivity contribution in [1.29, 1.82) is 0 Å². The van der Waals surface area contributed by atoms with Crippen LogP contribution in [0.25, 0.3) is 21.5 Å². The Bertz CT molecular complexity index is 4830. The third-order valence-electron chi connectivity index (χ3n) is 23.7. The first-order valence-corrected chi connectivity index (χ1v) is 41.7. The highest BCUT2D eigenvalue weighted by atomic mass is 32.2. The fourth-order valence-electron chi connectivity index (χ4n) is 16.5. The number of hydrogen-bond acceptors (Lipinski definition) is 20. The number of Topliss-reactive ketones (excluding diaryl/α,β-unsaturated/α-hetero) is 2. The number of alkyl halides is 6. The Labute approximate surface area is 686 Å². The highest BCUT2D eigenvalue weighted by Crippen LogP contribution is 2.59. The molecule has 2 N–H and O–H groups in total. The zero-order chi connectivity index (χ0) is 94.7. The molecule has 0 unspecified atom stereocenters. The maximum absolute atomic E-state index is 15.1. The predicted octanol–water partition coefficient (Wildman–Crippen LogP) is 13.2. The summed E-state index contributed by atoms with van der Waals surface area (Å²) < 4.78 is 297. The maximum Gasteiger partial charge on any atom is 0.427 e. The summed E-state index contributed by atoms with van der Waals surface area (Å²) in [6.45, 7) is -11.6. The number of fused-ring (bicyclic) bond motifs is 6. The lowest BCUT2D eigenvalue weighted by Crippen LogP contribution is -2.48. The van der Waals surface area contributed by atoms with Crippen LogP contribution in [0.3, 0.4) is 0 Å². The SMILES string of the molecule is [2H]C([2H])([2H])C(OC(=O)C[C@@H]1C(=O)N2C[C@H](Oc3ncc(OC)c4ccc(F)cc34)C[C@H]2C(=O)C[C@]2(C(=O)NS(=O)(=O)C3CC3)C[C@H]2/C=C\CC[C@@H](C)C[C@H]1CC)(C([2H])([2H])[2H])C(F)(F)F.[2H]C([2H])([2H])C(OC(=O)C[C@@H]1C(=O)N2C[C@H](Oc3ncc(OC)c4ccc(F)cc34)C[C@H]2C(=O)C[C@]2(C(=O)NS(=O)(=O)C3CC3)C[C@H]2/C=C\CC[C@H](C)C[C@H]1CC)(C([2H])([2H])[2H])C(F)(F)F. The number of esters is 2. The lowest BCUT2D eigenvalue weighted by molar-refractivity contribution is -0.257. The summed E-state index contributed by atoms with van der Waals surface area (Å²) in [4.78, 5) is 126. The van der Waals surface area contributed by atoms with Gasteiger partial charge in [-0.1, -0.05) is 64.8 Å². The molecule has 2 saturated heterocycles. The Balaban J connectivity index is 0.000000248. The fourth-order valence-corrected chi connectivity index (χ4v) is 19.3. The average Bonchev–Trinajstić information content (AvgIpc) is 0.976. The molecule has 34 heteroatoms. The van der Waals surface area contributed by atoms with E-state index in [0.29, 0.717) is 62.1 Å². The molecule has 4 aromatic rings. The summed E-state index contributed by atoms with van der Waals surface area (Å²) in [5, 5.41) is -0.379. The van der Waals surface area contributed by atoms with Crippen molar-refractivity contribution in [2.75, 3.05) is 27.3 Å². The molecule has 0 radical (unpaired) electrons. The van der Waals surface area contributed by atoms with Crippen LogP contribution in [0.5, 0.6) is 23.3 Å². The van der Waals surface area contributed by atoms with Crippen LogP contribution < -0.4 is 28.4 Å². The number of aromatic nitrogens is 2. The normalized spacial score (nSPS) is 31.1. The van der Waals surface area contributed by atoms with Gasteiger partial charge in [0.05, 0.1) is 109 Å². The first-order valence-electron chi connectivity index (χ1n) is 44.7. The number of rotatable bonds is 20. The molecule has 12 rings (SSSR count). The number of allylic oxidation sites excluding steroid dienone is 4. The number of nitrogens with zero attached hydrogens (tertiary/aromatic N) is 4. The van der Waals surface area contributed by atoms with E-state index in [1.807, 2.05) is 13.8 Å². The molecule has 116 heavy (non-hydrogen) atoms. The number of halogens is 8. The van der Waals surface area contributed by atoms with Gasteiger partial charge in [-0.3, -0.25) is 47.8 Å². The number of methoxy groups -OCH3 is 2. The topological polar surface area (TPSA) is 317 Å². The van der Waals surface area contributed by atoms with Crippen LogP contribution in [-0.2, 0) is 67.9 Å². The van der Waals surface area contributed by atoms with E-state index < -0.39 is 250 Å². The van der Waals surface area contributed by atoms with Gasteiger partial charge in [0, 0.05) is 52.9 Å². The number of hydrogen-bond donors (Lipinski definition) is 2. The van der Waals surface area contributed by atoms with Crippen LogP contribution in [0.1, 0.15) is 200 Å². The van der Waals surface area contributed by atoms with E-state index in [2.05, 4.69) is 28.9 Å². The summed E-state index contributed by atoms with van der Waals surface area (Å²) in [5.74, 6) is -16.3. The van der Waals surface area contributed by atoms with Gasteiger partial charge in [0.1, 0.15) is 35.3 Å². The molecule has 4 aliphatic heterocycles. The number of ketones is 2. The second-order valence-electron chi connectivity index (χ2n) is 32.1. The van der Waals surface area contributed by atoms with Crippen molar-refractivity contribution < 1.29 is 135 Å². The van der Waals surface area contributed by atoms with Gasteiger partial charge in [0.2, 0.25) is 66.6 Å². The molecule has 2 aromatic heterocycles. The van der Waals surface area contributed by atoms with E-state index >= 15 is 9.59 Å². The first-order chi connectivity index (χ1) is 59.4. The molecular formula is C82H102F8N6O18S2. The van der Waals surface area contributed by atoms with Gasteiger partial charge in [-0.05, 0) is 176 Å². The molecule has 6 fully saturated rings. The molecule has 636 valence electrons. The van der Waals surface area contributed by atoms with Crippen molar-refractivity contribution in [2.24, 2.45) is 58.2 Å². The standard InChI is InChI=1S/2C41H51F4N3O9S/c2*1-6-24-15-23(2)9-7-8-10-25-19-40(25,38(52)47-58(53,54)28-12-13-28)20-33(49)32-17-27(56-36-31-16-26(42)11-14-29(31)34(55-5)21-46-36)22-48(32)37(51)30(24)18-35(50)57-39(3,4)41(43,44)45/h2*8,10-11,14,16,21,23-25,27-28,30,32H,6-7,9,12-13,15,17-20,22H2,1-5H3,(H,47,52)/b2*10-8-/t23-,24+,25+,27+,30-,32-,40+;23-,24-,25-,27-,30+,32+,40-/m01/s1/i2*3D3,4D3. The van der Waals surface area contributed by atoms with E-state index in [-0.39, 0.29) is 97.2 Å². The van der Waals surface area contributed by atoms with Gasteiger partial charge >= 0.3 is 24.3 Å². The van der Waals surface area contributed by atoms with Gasteiger partial charge in [0.25, 0.3) is 0 Å². The molecule has 4 aliphatic carbocycles. The van der Waals surface area contributed by atoms with Crippen LogP contribution in [0.4, 0.5) is 35.1 Å². The van der Waals surface area contributed by atoms with Crippen molar-refractivity contribution in [1.82, 2.24) is 29.2 Å². The van der Waals surface area contributed by atoms with Crippen LogP contribution in [0, 0.1) is 69.8 Å². The molecule has 14 atom stereocenters. The Hall–Kier alpha value is -8.56. The van der Waals surface area contributed by atoms with Crippen molar-refractivity contribution >= 4 is 88.7 Å². The highest BCUT2D eigenvalue weighted by Gasteiger charge is 2.64. The zero-order valence-corrected chi connectivity index (χ0v) is 66.2. The number of nitrogens with one attached hydrogen (secondary N) is 2. The molecular weight excluding hydrogens is 1570 g/mol. The summed E-state index contributed by atoms with van der Waals surface area (Å²) in [5.41, 5.74) is -13.0. The molecule has 6 heterocycles. The summed E-state index contributed by atoms with van der Waals surface area (Å²) in [6.07, 6.45) is -4.56. The number of carbonyl (C=O) groups excluding carboxylic acids is 8. The number of carbonyl (C=O) groups is 8. The molecule has 0 bridgehead atoms. The molecule has 8 aliphatic rings. The fraction of sp³-hybridized carbons (Fsp3) is 0.634. The van der Waals surface area contributed by atoms with Crippen molar-refractivity contribution in [3.05, 3.63) is 84.7 Å². The minimum atomic E-state index is -6.13. The van der Waals surface area contributed by atoms with E-state index in [1.165, 1.54) is 50.9 Å². The second kappa shape index (κ2) is 34.4. The number of sulfonamides is 2. The third kappa shape index (κ3) is 19.7. The molecule has 24 nitrogen and oxygen atoms in total. The lowest BCUT2D eigenvalue weighted by Gasteiger charge is -2.34. The van der Waals surface area contributed by atoms with Crippen LogP contribution in [0.15, 0.2) is 73.1 Å². The smallest absolute Gasteiger partial charge is 0.427 e. The van der Waals surface area contributed by atoms with Gasteiger partial charge in [-0.25, -0.2) is 35.6 Å². The van der Waals surface area contributed by atoms with Gasteiger partial charge < -0.3 is 38.2 Å². The average molecular weight is 1690 g/mol. The number of benzene rings is 2. The number of ether oxygens (including phenoxy) is 6. The van der Waals surface area contributed by atoms with E-state index in [1.54, 1.807) is 38.2 Å². The quantitative estimate of drug-likeness (QED) is 0.0472. The van der Waals surface area contributed by atoms with Crippen molar-refractivity contribution in [3.8, 4) is 23.3 Å². The third-order valence-corrected chi connectivity index (χ3v) is 27.3. The number of pyridine rings is 2. The summed E-state index contributed by atoms with van der Waals surface area (Å²) >= 11 is 0. The van der Waals surface area contributed by atoms with Crippen LogP contribution >= 0.6 is 0 Å². The highest BCUT2D eigenvalue weighted by molar-refractivity contribution is 7.91. The Morgan fingerprint density at radius 1 is 0.560 bits per heavy atom. The van der Waals surface area contributed by atoms with Gasteiger partial charge in [-0.2, -0.15) is 26.3 Å². The number of amides is 4. The van der Waals surface area contributed by atoms with Crippen molar-refractivity contribution in [2.45, 2.75) is 242 Å². The Morgan fingerprint density at radius 3 is 1.26 bits per heavy atom. The molecule has 4 saturated carbocycles. The Morgan fingerprint density at radius 2 is 0.931 bits per heavy atom. The lowest BCUT2D eigenvalue weighted by atomic mass is 9.79. The minimum absolute atomic E-state index is 0.102. The van der Waals surface area contributed by atoms with Gasteiger partial charge in [0.15, 0.2) is 11.6 Å².